The molecule has 2 amide bonds. The maximum absolute atomic E-state index is 12.4. The minimum absolute atomic E-state index is 0.146. The first-order valence-electron chi connectivity index (χ1n) is 7.36. The fraction of sp³-hybridized carbons (Fsp3) is 0.312. The highest BCUT2D eigenvalue weighted by molar-refractivity contribution is 5.91. The van der Waals surface area contributed by atoms with Crippen molar-refractivity contribution in [1.29, 1.82) is 0 Å². The van der Waals surface area contributed by atoms with E-state index in [4.69, 9.17) is 0 Å². The third-order valence-electron chi connectivity index (χ3n) is 3.96. The number of aryl methyl sites for hydroxylation is 2. The van der Waals surface area contributed by atoms with E-state index in [1.54, 1.807) is 11.9 Å². The summed E-state index contributed by atoms with van der Waals surface area (Å²) >= 11 is 0. The normalized spacial score (nSPS) is 13.6. The Labute approximate surface area is 133 Å². The Morgan fingerprint density at radius 3 is 2.83 bits per heavy atom. The molecule has 0 fully saturated rings. The molecule has 3 rings (SSSR count). The zero-order valence-corrected chi connectivity index (χ0v) is 13.0. The summed E-state index contributed by atoms with van der Waals surface area (Å²) in [5, 5.41) is 16.4. The van der Waals surface area contributed by atoms with Crippen LogP contribution in [0.4, 0.5) is 10.5 Å². The van der Waals surface area contributed by atoms with Crippen molar-refractivity contribution < 1.29 is 14.7 Å². The van der Waals surface area contributed by atoms with Crippen LogP contribution in [0.1, 0.15) is 27.3 Å². The molecule has 0 bridgehead atoms. The van der Waals surface area contributed by atoms with Gasteiger partial charge in [0, 0.05) is 31.3 Å². The second-order valence-corrected chi connectivity index (χ2v) is 5.67. The number of nitrogens with zero attached hydrogens (tertiary/aromatic N) is 3. The maximum Gasteiger partial charge on any atom is 0.354 e. The van der Waals surface area contributed by atoms with Gasteiger partial charge in [-0.25, -0.2) is 9.59 Å². The highest BCUT2D eigenvalue weighted by Crippen LogP contribution is 2.22. The van der Waals surface area contributed by atoms with Crippen molar-refractivity contribution in [3.8, 4) is 0 Å². The van der Waals surface area contributed by atoms with Gasteiger partial charge in [-0.05, 0) is 24.6 Å². The summed E-state index contributed by atoms with van der Waals surface area (Å²) in [6, 6.07) is 7.31. The van der Waals surface area contributed by atoms with Gasteiger partial charge in [-0.15, -0.1) is 0 Å². The van der Waals surface area contributed by atoms with Gasteiger partial charge >= 0.3 is 12.0 Å². The van der Waals surface area contributed by atoms with Crippen LogP contribution in [-0.4, -0.2) is 38.3 Å². The quantitative estimate of drug-likeness (QED) is 0.887. The Kier molecular flexibility index (Phi) is 3.77. The van der Waals surface area contributed by atoms with Gasteiger partial charge in [0.25, 0.3) is 0 Å². The summed E-state index contributed by atoms with van der Waals surface area (Å²) in [7, 11) is 1.61. The summed E-state index contributed by atoms with van der Waals surface area (Å²) in [6.45, 7) is 2.72. The number of aromatic carboxylic acids is 1. The van der Waals surface area contributed by atoms with Gasteiger partial charge in [0.05, 0.1) is 12.2 Å². The number of hydrogen-bond acceptors (Lipinski definition) is 3. The monoisotopic (exact) mass is 314 g/mol. The number of benzene rings is 1. The van der Waals surface area contributed by atoms with E-state index >= 15 is 0 Å². The van der Waals surface area contributed by atoms with Crippen LogP contribution in [0.3, 0.4) is 0 Å². The zero-order chi connectivity index (χ0) is 16.6. The molecule has 7 heteroatoms. The highest BCUT2D eigenvalue weighted by Gasteiger charge is 2.29. The molecule has 23 heavy (non-hydrogen) atoms. The van der Waals surface area contributed by atoms with E-state index < -0.39 is 5.97 Å². The molecular formula is C16H18N4O3. The molecule has 0 aliphatic carbocycles. The number of carbonyl (C=O) groups is 2. The molecule has 2 N–H and O–H groups in total. The highest BCUT2D eigenvalue weighted by atomic mass is 16.4. The molecule has 0 saturated carbocycles. The number of urea groups is 1. The van der Waals surface area contributed by atoms with Crippen molar-refractivity contribution in [2.24, 2.45) is 7.05 Å². The molecule has 0 radical (unpaired) electrons. The third kappa shape index (κ3) is 2.90. The van der Waals surface area contributed by atoms with Crippen LogP contribution < -0.4 is 5.32 Å². The van der Waals surface area contributed by atoms with Gasteiger partial charge in [-0.3, -0.25) is 4.68 Å². The number of amides is 2. The fourth-order valence-electron chi connectivity index (χ4n) is 2.87. The smallest absolute Gasteiger partial charge is 0.354 e. The summed E-state index contributed by atoms with van der Waals surface area (Å²) in [4.78, 5) is 25.4. The molecule has 1 aromatic carbocycles. The molecule has 0 saturated heterocycles. The minimum Gasteiger partial charge on any atom is -0.477 e. The van der Waals surface area contributed by atoms with Crippen LogP contribution in [0.25, 0.3) is 0 Å². The summed E-state index contributed by atoms with van der Waals surface area (Å²) in [5.74, 6) is -1.03. The zero-order valence-electron chi connectivity index (χ0n) is 13.0. The topological polar surface area (TPSA) is 87.5 Å². The van der Waals surface area contributed by atoms with E-state index in [0.29, 0.717) is 18.5 Å². The van der Waals surface area contributed by atoms with Crippen LogP contribution in [0.15, 0.2) is 24.3 Å². The number of aromatic nitrogens is 2. The Hall–Kier alpha value is -2.83. The van der Waals surface area contributed by atoms with E-state index in [1.165, 1.54) is 4.68 Å². The molecule has 0 atom stereocenters. The van der Waals surface area contributed by atoms with Crippen molar-refractivity contribution in [2.75, 3.05) is 11.9 Å². The molecule has 1 aromatic heterocycles. The van der Waals surface area contributed by atoms with Crippen LogP contribution >= 0.6 is 0 Å². The SMILES string of the molecule is Cc1cccc(NC(=O)N2CCc3nn(C)c(C(=O)O)c3C2)c1. The van der Waals surface area contributed by atoms with E-state index in [1.807, 2.05) is 31.2 Å². The lowest BCUT2D eigenvalue weighted by molar-refractivity contribution is 0.0682. The second-order valence-electron chi connectivity index (χ2n) is 5.67. The third-order valence-corrected chi connectivity index (χ3v) is 3.96. The molecule has 2 aromatic rings. The number of carboxylic acids is 1. The molecule has 7 nitrogen and oxygen atoms in total. The standard InChI is InChI=1S/C16H18N4O3/c1-10-4-3-5-11(8-10)17-16(23)20-7-6-13-12(9-20)14(15(21)22)19(2)18-13/h3-5,8H,6-7,9H2,1-2H3,(H,17,23)(H,21,22). The Balaban J connectivity index is 1.79. The number of anilines is 1. The first-order valence-corrected chi connectivity index (χ1v) is 7.36. The summed E-state index contributed by atoms with van der Waals surface area (Å²) < 4.78 is 1.37. The summed E-state index contributed by atoms with van der Waals surface area (Å²) in [5.41, 5.74) is 3.30. The molecule has 2 heterocycles. The largest absolute Gasteiger partial charge is 0.477 e. The van der Waals surface area contributed by atoms with Crippen molar-refractivity contribution in [2.45, 2.75) is 19.9 Å². The Bertz CT molecular complexity index is 782. The number of carboxylic acid groups (broad SMARTS) is 1. The van der Waals surface area contributed by atoms with Gasteiger partial charge in [-0.1, -0.05) is 12.1 Å². The van der Waals surface area contributed by atoms with Crippen LogP contribution in [0.2, 0.25) is 0 Å². The van der Waals surface area contributed by atoms with Gasteiger partial charge in [0.1, 0.15) is 0 Å². The van der Waals surface area contributed by atoms with E-state index in [0.717, 1.165) is 16.9 Å². The van der Waals surface area contributed by atoms with Crippen LogP contribution in [0, 0.1) is 6.92 Å². The van der Waals surface area contributed by atoms with Crippen LogP contribution in [0.5, 0.6) is 0 Å². The molecular weight excluding hydrogens is 296 g/mol. The lowest BCUT2D eigenvalue weighted by Gasteiger charge is -2.26. The predicted octanol–water partition coefficient (Wildman–Crippen LogP) is 2.02. The predicted molar refractivity (Wildman–Crippen MR) is 84.5 cm³/mol. The first kappa shape index (κ1) is 15.1. The van der Waals surface area contributed by atoms with E-state index in [9.17, 15) is 14.7 Å². The van der Waals surface area contributed by atoms with Gasteiger partial charge in [-0.2, -0.15) is 5.10 Å². The van der Waals surface area contributed by atoms with E-state index in [-0.39, 0.29) is 18.3 Å². The lowest BCUT2D eigenvalue weighted by atomic mass is 10.1. The number of fused-ring (bicyclic) bond motifs is 1. The number of hydrogen-bond donors (Lipinski definition) is 2. The van der Waals surface area contributed by atoms with Gasteiger partial charge in [0.15, 0.2) is 5.69 Å². The number of nitrogens with one attached hydrogen (secondary N) is 1. The van der Waals surface area contributed by atoms with Crippen molar-refractivity contribution in [3.63, 3.8) is 0 Å². The van der Waals surface area contributed by atoms with Crippen LogP contribution in [-0.2, 0) is 20.0 Å². The van der Waals surface area contributed by atoms with E-state index in [2.05, 4.69) is 10.4 Å². The average molecular weight is 314 g/mol. The fourth-order valence-corrected chi connectivity index (χ4v) is 2.87. The number of carbonyl (C=O) groups excluding carboxylic acids is 1. The molecule has 1 aliphatic rings. The summed E-state index contributed by atoms with van der Waals surface area (Å²) in [6.07, 6.45) is 0.553. The number of rotatable bonds is 2. The molecule has 0 spiro atoms. The van der Waals surface area contributed by atoms with Crippen molar-refractivity contribution in [3.05, 3.63) is 46.8 Å². The second kappa shape index (κ2) is 5.75. The van der Waals surface area contributed by atoms with Gasteiger partial charge < -0.3 is 15.3 Å². The van der Waals surface area contributed by atoms with Crippen molar-refractivity contribution in [1.82, 2.24) is 14.7 Å². The molecule has 120 valence electrons. The molecule has 0 unspecified atom stereocenters. The first-order chi connectivity index (χ1) is 11.0. The average Bonchev–Trinajstić information content (AvgIpc) is 2.82. The molecule has 1 aliphatic heterocycles. The lowest BCUT2D eigenvalue weighted by Crippen LogP contribution is -2.39. The maximum atomic E-state index is 12.4. The Morgan fingerprint density at radius 1 is 1.35 bits per heavy atom. The van der Waals surface area contributed by atoms with Crippen molar-refractivity contribution >= 4 is 17.7 Å². The minimum atomic E-state index is -1.03. The van der Waals surface area contributed by atoms with Gasteiger partial charge in [0.2, 0.25) is 0 Å². The Morgan fingerprint density at radius 2 is 2.13 bits per heavy atom.